The quantitative estimate of drug-likeness (QED) is 0.582. The molecule has 136 valence electrons. The van der Waals surface area contributed by atoms with Crippen molar-refractivity contribution >= 4 is 40.6 Å². The summed E-state index contributed by atoms with van der Waals surface area (Å²) in [4.78, 5) is 20.3. The number of carbonyl (C=O) groups excluding carboxylic acids is 1. The van der Waals surface area contributed by atoms with Crippen LogP contribution in [0.25, 0.3) is 0 Å². The van der Waals surface area contributed by atoms with Crippen LogP contribution < -0.4 is 21.3 Å². The van der Waals surface area contributed by atoms with Crippen LogP contribution in [0.5, 0.6) is 0 Å². The number of aromatic nitrogens is 2. The molecule has 1 aromatic carbocycles. The fourth-order valence-corrected chi connectivity index (χ4v) is 2.83. The molecule has 1 aliphatic heterocycles. The number of nitrogens with one attached hydrogen (secondary N) is 4. The summed E-state index contributed by atoms with van der Waals surface area (Å²) in [5, 5.41) is 13.0. The van der Waals surface area contributed by atoms with Crippen molar-refractivity contribution in [2.75, 3.05) is 29.0 Å². The predicted molar refractivity (Wildman–Crippen MR) is 105 cm³/mol. The molecule has 1 amide bonds. The third-order valence-electron chi connectivity index (χ3n) is 4.00. The Balaban J connectivity index is 1.78. The van der Waals surface area contributed by atoms with E-state index in [4.69, 9.17) is 11.6 Å². The second-order valence-electron chi connectivity index (χ2n) is 5.94. The lowest BCUT2D eigenvalue weighted by molar-refractivity contribution is -0.111. The standard InChI is InChI=1S/C18H21ClN6O/c1-2-16(26)23-14-7-3-4-8-15(14)24-17-13(19)11-21-18(25-17)22-12-6-5-9-20-10-12/h2-4,7-8,11-12,20H,1,5-6,9-10H2,(H,23,26)(H2,21,22,24,25)/t12-/m1/s1. The van der Waals surface area contributed by atoms with E-state index in [-0.39, 0.29) is 11.9 Å². The number of anilines is 4. The van der Waals surface area contributed by atoms with E-state index in [1.165, 1.54) is 6.08 Å². The number of hydrogen-bond acceptors (Lipinski definition) is 6. The SMILES string of the molecule is C=CC(=O)Nc1ccccc1Nc1nc(N[C@@H]2CCCNC2)ncc1Cl. The monoisotopic (exact) mass is 372 g/mol. The number of benzene rings is 1. The summed E-state index contributed by atoms with van der Waals surface area (Å²) in [5.41, 5.74) is 1.28. The van der Waals surface area contributed by atoms with Crippen LogP contribution in [-0.2, 0) is 4.79 Å². The molecule has 1 aromatic heterocycles. The second-order valence-corrected chi connectivity index (χ2v) is 6.35. The molecule has 3 rings (SSSR count). The van der Waals surface area contributed by atoms with E-state index in [1.54, 1.807) is 12.3 Å². The van der Waals surface area contributed by atoms with Gasteiger partial charge in [0.25, 0.3) is 0 Å². The van der Waals surface area contributed by atoms with Gasteiger partial charge >= 0.3 is 0 Å². The maximum Gasteiger partial charge on any atom is 0.247 e. The highest BCUT2D eigenvalue weighted by molar-refractivity contribution is 6.33. The summed E-state index contributed by atoms with van der Waals surface area (Å²) in [5.74, 6) is 0.687. The largest absolute Gasteiger partial charge is 0.350 e. The Morgan fingerprint density at radius 2 is 2.15 bits per heavy atom. The van der Waals surface area contributed by atoms with Gasteiger partial charge in [0.05, 0.1) is 17.6 Å². The third kappa shape index (κ3) is 4.71. The van der Waals surface area contributed by atoms with Gasteiger partial charge in [0.2, 0.25) is 11.9 Å². The number of carbonyl (C=O) groups is 1. The van der Waals surface area contributed by atoms with Crippen molar-refractivity contribution in [3.63, 3.8) is 0 Å². The summed E-state index contributed by atoms with van der Waals surface area (Å²) in [6.07, 6.45) is 4.96. The van der Waals surface area contributed by atoms with Crippen LogP contribution in [0, 0.1) is 0 Å². The van der Waals surface area contributed by atoms with Crippen molar-refractivity contribution < 1.29 is 4.79 Å². The molecule has 8 heteroatoms. The van der Waals surface area contributed by atoms with Crippen LogP contribution in [0.4, 0.5) is 23.1 Å². The maximum atomic E-state index is 11.6. The average Bonchev–Trinajstić information content (AvgIpc) is 2.66. The minimum atomic E-state index is -0.291. The Bertz CT molecular complexity index is 791. The van der Waals surface area contributed by atoms with Gasteiger partial charge in [0.15, 0.2) is 5.82 Å². The van der Waals surface area contributed by atoms with Crippen LogP contribution in [0.2, 0.25) is 5.02 Å². The first-order chi connectivity index (χ1) is 12.7. The predicted octanol–water partition coefficient (Wildman–Crippen LogP) is 3.16. The minimum absolute atomic E-state index is 0.289. The fraction of sp³-hybridized carbons (Fsp3) is 0.278. The molecule has 0 unspecified atom stereocenters. The van der Waals surface area contributed by atoms with E-state index in [2.05, 4.69) is 37.8 Å². The average molecular weight is 373 g/mol. The number of amides is 1. The number of para-hydroxylation sites is 2. The number of nitrogens with zero attached hydrogens (tertiary/aromatic N) is 2. The molecule has 1 saturated heterocycles. The van der Waals surface area contributed by atoms with Gasteiger partial charge in [-0.05, 0) is 37.6 Å². The van der Waals surface area contributed by atoms with Crippen molar-refractivity contribution in [1.29, 1.82) is 0 Å². The number of rotatable bonds is 6. The van der Waals surface area contributed by atoms with Crippen LogP contribution in [0.3, 0.4) is 0 Å². The molecule has 0 saturated carbocycles. The first-order valence-corrected chi connectivity index (χ1v) is 8.83. The fourth-order valence-electron chi connectivity index (χ4n) is 2.69. The van der Waals surface area contributed by atoms with Crippen molar-refractivity contribution in [2.24, 2.45) is 0 Å². The molecule has 26 heavy (non-hydrogen) atoms. The zero-order chi connectivity index (χ0) is 18.4. The molecule has 0 radical (unpaired) electrons. The van der Waals surface area contributed by atoms with Gasteiger partial charge in [-0.2, -0.15) is 4.98 Å². The summed E-state index contributed by atoms with van der Waals surface area (Å²) in [6, 6.07) is 7.58. The van der Waals surface area contributed by atoms with Crippen molar-refractivity contribution in [3.05, 3.63) is 48.1 Å². The lowest BCUT2D eigenvalue weighted by Crippen LogP contribution is -2.38. The van der Waals surface area contributed by atoms with Crippen LogP contribution in [0.1, 0.15) is 12.8 Å². The lowest BCUT2D eigenvalue weighted by atomic mass is 10.1. The van der Waals surface area contributed by atoms with Gasteiger partial charge < -0.3 is 21.3 Å². The van der Waals surface area contributed by atoms with Gasteiger partial charge in [-0.3, -0.25) is 4.79 Å². The van der Waals surface area contributed by atoms with Crippen LogP contribution >= 0.6 is 11.6 Å². The van der Waals surface area contributed by atoms with E-state index in [9.17, 15) is 4.79 Å². The topological polar surface area (TPSA) is 91.0 Å². The molecule has 1 atom stereocenters. The van der Waals surface area contributed by atoms with Gasteiger partial charge in [0.1, 0.15) is 5.02 Å². The normalized spacial score (nSPS) is 16.6. The molecular formula is C18H21ClN6O. The highest BCUT2D eigenvalue weighted by Gasteiger charge is 2.15. The van der Waals surface area contributed by atoms with Gasteiger partial charge in [-0.15, -0.1) is 0 Å². The maximum absolute atomic E-state index is 11.6. The summed E-state index contributed by atoms with van der Waals surface area (Å²) < 4.78 is 0. The first kappa shape index (κ1) is 18.2. The Morgan fingerprint density at radius 1 is 1.35 bits per heavy atom. The Morgan fingerprint density at radius 3 is 2.88 bits per heavy atom. The van der Waals surface area contributed by atoms with Crippen molar-refractivity contribution in [1.82, 2.24) is 15.3 Å². The van der Waals surface area contributed by atoms with Gasteiger partial charge in [-0.1, -0.05) is 30.3 Å². The van der Waals surface area contributed by atoms with Gasteiger partial charge in [0, 0.05) is 12.6 Å². The van der Waals surface area contributed by atoms with Crippen molar-refractivity contribution in [2.45, 2.75) is 18.9 Å². The van der Waals surface area contributed by atoms with E-state index in [0.717, 1.165) is 25.9 Å². The Labute approximate surface area is 157 Å². The summed E-state index contributed by atoms with van der Waals surface area (Å²) in [6.45, 7) is 5.39. The molecule has 2 heterocycles. The molecule has 0 bridgehead atoms. The molecule has 4 N–H and O–H groups in total. The summed E-state index contributed by atoms with van der Waals surface area (Å²) in [7, 11) is 0. The Kier molecular flexibility index (Phi) is 6.04. The molecule has 1 fully saturated rings. The molecule has 0 aliphatic carbocycles. The van der Waals surface area contributed by atoms with Gasteiger partial charge in [-0.25, -0.2) is 4.98 Å². The van der Waals surface area contributed by atoms with Crippen LogP contribution in [-0.4, -0.2) is 35.0 Å². The van der Waals surface area contributed by atoms with Crippen LogP contribution in [0.15, 0.2) is 43.1 Å². The third-order valence-corrected chi connectivity index (χ3v) is 4.27. The van der Waals surface area contributed by atoms with E-state index >= 15 is 0 Å². The Hall–Kier alpha value is -2.64. The molecule has 0 spiro atoms. The number of piperidine rings is 1. The highest BCUT2D eigenvalue weighted by atomic mass is 35.5. The lowest BCUT2D eigenvalue weighted by Gasteiger charge is -2.24. The first-order valence-electron chi connectivity index (χ1n) is 8.45. The summed E-state index contributed by atoms with van der Waals surface area (Å²) >= 11 is 6.24. The zero-order valence-corrected chi connectivity index (χ0v) is 15.0. The highest BCUT2D eigenvalue weighted by Crippen LogP contribution is 2.28. The second kappa shape index (κ2) is 8.64. The zero-order valence-electron chi connectivity index (χ0n) is 14.3. The number of halogens is 1. The van der Waals surface area contributed by atoms with E-state index in [0.29, 0.717) is 28.2 Å². The molecule has 7 nitrogen and oxygen atoms in total. The molecular weight excluding hydrogens is 352 g/mol. The number of hydrogen-bond donors (Lipinski definition) is 4. The minimum Gasteiger partial charge on any atom is -0.350 e. The molecule has 1 aliphatic rings. The van der Waals surface area contributed by atoms with Crippen molar-refractivity contribution in [3.8, 4) is 0 Å². The van der Waals surface area contributed by atoms with E-state index in [1.807, 2.05) is 18.2 Å². The molecule has 2 aromatic rings. The van der Waals surface area contributed by atoms with E-state index < -0.39 is 0 Å². The smallest absolute Gasteiger partial charge is 0.247 e.